The molecule has 0 aromatic heterocycles. The predicted molar refractivity (Wildman–Crippen MR) is 95.7 cm³/mol. The summed E-state index contributed by atoms with van der Waals surface area (Å²) in [5.74, 6) is -0.185. The van der Waals surface area contributed by atoms with E-state index in [-0.39, 0.29) is 17.6 Å². The minimum Gasteiger partial charge on any atom is -0.342 e. The van der Waals surface area contributed by atoms with E-state index < -0.39 is 0 Å². The monoisotopic (exact) mass is 349 g/mol. The molecule has 25 heavy (non-hydrogen) atoms. The van der Waals surface area contributed by atoms with Gasteiger partial charge in [-0.15, -0.1) is 0 Å². The molecule has 0 aliphatic carbocycles. The Morgan fingerprint density at radius 2 is 1.72 bits per heavy atom. The summed E-state index contributed by atoms with van der Waals surface area (Å²) in [6.45, 7) is 9.01. The average molecular weight is 349 g/mol. The normalized spacial score (nSPS) is 15.2. The van der Waals surface area contributed by atoms with Gasteiger partial charge in [-0.25, -0.2) is 4.39 Å². The number of carbonyl (C=O) groups excluding carboxylic acids is 2. The van der Waals surface area contributed by atoms with Crippen molar-refractivity contribution >= 4 is 11.8 Å². The first-order valence-corrected chi connectivity index (χ1v) is 8.99. The number of nitrogens with zero attached hydrogens (tertiary/aromatic N) is 3. The van der Waals surface area contributed by atoms with Gasteiger partial charge in [0.2, 0.25) is 11.8 Å². The van der Waals surface area contributed by atoms with Crippen molar-refractivity contribution in [1.29, 1.82) is 0 Å². The maximum Gasteiger partial charge on any atom is 0.224 e. The molecule has 1 saturated heterocycles. The molecule has 0 spiro atoms. The van der Waals surface area contributed by atoms with Crippen LogP contribution in [0.5, 0.6) is 0 Å². The molecule has 1 aromatic carbocycles. The van der Waals surface area contributed by atoms with Crippen LogP contribution in [0.1, 0.15) is 25.8 Å². The van der Waals surface area contributed by atoms with Crippen molar-refractivity contribution in [2.24, 2.45) is 0 Å². The van der Waals surface area contributed by atoms with Gasteiger partial charge < -0.3 is 14.7 Å². The van der Waals surface area contributed by atoms with Crippen LogP contribution in [0.25, 0.3) is 0 Å². The number of likely N-dealkylation sites (N-methyl/N-ethyl adjacent to an activating group) is 1. The van der Waals surface area contributed by atoms with E-state index in [1.165, 1.54) is 19.1 Å². The molecule has 0 radical (unpaired) electrons. The Labute approximate surface area is 149 Å². The van der Waals surface area contributed by atoms with Gasteiger partial charge in [0.05, 0.1) is 0 Å². The van der Waals surface area contributed by atoms with Crippen LogP contribution in [-0.2, 0) is 16.0 Å². The summed E-state index contributed by atoms with van der Waals surface area (Å²) in [5.41, 5.74) is 0.981. The van der Waals surface area contributed by atoms with Gasteiger partial charge in [0.15, 0.2) is 0 Å². The van der Waals surface area contributed by atoms with Crippen molar-refractivity contribution < 1.29 is 14.0 Å². The Morgan fingerprint density at radius 3 is 2.28 bits per heavy atom. The van der Waals surface area contributed by atoms with Crippen LogP contribution < -0.4 is 0 Å². The summed E-state index contributed by atoms with van der Waals surface area (Å²) in [4.78, 5) is 30.1. The van der Waals surface area contributed by atoms with E-state index in [1.807, 2.05) is 4.90 Å². The maximum absolute atomic E-state index is 12.9. The first kappa shape index (κ1) is 19.4. The molecule has 5 nitrogen and oxygen atoms in total. The van der Waals surface area contributed by atoms with E-state index >= 15 is 0 Å². The average Bonchev–Trinajstić information content (AvgIpc) is 2.62. The molecule has 0 N–H and O–H groups in total. The van der Waals surface area contributed by atoms with E-state index in [0.29, 0.717) is 25.9 Å². The topological polar surface area (TPSA) is 43.9 Å². The summed E-state index contributed by atoms with van der Waals surface area (Å²) in [5, 5.41) is 0. The van der Waals surface area contributed by atoms with Gasteiger partial charge in [-0.2, -0.15) is 0 Å². The molecule has 1 heterocycles. The Hall–Kier alpha value is -1.95. The minimum atomic E-state index is -0.263. The molecular weight excluding hydrogens is 321 g/mol. The van der Waals surface area contributed by atoms with Gasteiger partial charge in [0.1, 0.15) is 5.82 Å². The van der Waals surface area contributed by atoms with Crippen molar-refractivity contribution in [2.45, 2.75) is 26.7 Å². The van der Waals surface area contributed by atoms with Gasteiger partial charge in [-0.05, 0) is 30.7 Å². The third kappa shape index (κ3) is 6.12. The van der Waals surface area contributed by atoms with E-state index in [1.54, 1.807) is 17.0 Å². The van der Waals surface area contributed by atoms with Gasteiger partial charge in [-0.3, -0.25) is 9.59 Å². The number of hydrogen-bond donors (Lipinski definition) is 0. The van der Waals surface area contributed by atoms with Crippen LogP contribution in [0.4, 0.5) is 4.39 Å². The maximum atomic E-state index is 12.9. The lowest BCUT2D eigenvalue weighted by Crippen LogP contribution is -2.49. The van der Waals surface area contributed by atoms with Crippen molar-refractivity contribution in [1.82, 2.24) is 14.7 Å². The Balaban J connectivity index is 1.78. The zero-order chi connectivity index (χ0) is 18.2. The third-order valence-corrected chi connectivity index (χ3v) is 4.80. The van der Waals surface area contributed by atoms with Gasteiger partial charge in [0.25, 0.3) is 0 Å². The van der Waals surface area contributed by atoms with Crippen LogP contribution in [0.15, 0.2) is 24.3 Å². The number of hydrogen-bond acceptors (Lipinski definition) is 3. The second-order valence-corrected chi connectivity index (χ2v) is 6.45. The predicted octanol–water partition coefficient (Wildman–Crippen LogP) is 1.77. The lowest BCUT2D eigenvalue weighted by molar-refractivity contribution is -0.134. The fraction of sp³-hybridized carbons (Fsp3) is 0.579. The van der Waals surface area contributed by atoms with Crippen molar-refractivity contribution in [3.8, 4) is 0 Å². The molecule has 1 aliphatic heterocycles. The van der Waals surface area contributed by atoms with Crippen molar-refractivity contribution in [2.75, 3.05) is 45.8 Å². The number of carbonyl (C=O) groups is 2. The molecule has 1 aliphatic rings. The Bertz CT molecular complexity index is 569. The van der Waals surface area contributed by atoms with Crippen molar-refractivity contribution in [3.63, 3.8) is 0 Å². The fourth-order valence-corrected chi connectivity index (χ4v) is 3.04. The SMILES string of the molecule is CCN1CCN(C(=O)CCN(CCc2ccc(F)cc2)C(C)=O)CC1. The zero-order valence-corrected chi connectivity index (χ0v) is 15.2. The summed E-state index contributed by atoms with van der Waals surface area (Å²) in [7, 11) is 0. The lowest BCUT2D eigenvalue weighted by Gasteiger charge is -2.34. The third-order valence-electron chi connectivity index (χ3n) is 4.80. The first-order valence-electron chi connectivity index (χ1n) is 8.99. The van der Waals surface area contributed by atoms with Gasteiger partial charge in [-0.1, -0.05) is 19.1 Å². The molecule has 2 rings (SSSR count). The molecule has 0 saturated carbocycles. The molecule has 1 fully saturated rings. The van der Waals surface area contributed by atoms with E-state index in [9.17, 15) is 14.0 Å². The molecule has 2 amide bonds. The van der Waals surface area contributed by atoms with Crippen LogP contribution in [0.3, 0.4) is 0 Å². The number of piperazine rings is 1. The lowest BCUT2D eigenvalue weighted by atomic mass is 10.1. The minimum absolute atomic E-state index is 0.0364. The number of amides is 2. The van der Waals surface area contributed by atoms with Gasteiger partial charge in [0, 0.05) is 52.6 Å². The van der Waals surface area contributed by atoms with Crippen LogP contribution in [-0.4, -0.2) is 72.3 Å². The summed E-state index contributed by atoms with van der Waals surface area (Å²) in [6, 6.07) is 6.30. The highest BCUT2D eigenvalue weighted by Crippen LogP contribution is 2.07. The summed E-state index contributed by atoms with van der Waals surface area (Å²) >= 11 is 0. The summed E-state index contributed by atoms with van der Waals surface area (Å²) in [6.07, 6.45) is 1.01. The summed E-state index contributed by atoms with van der Waals surface area (Å²) < 4.78 is 12.9. The fourth-order valence-electron chi connectivity index (χ4n) is 3.04. The molecule has 0 bridgehead atoms. The number of rotatable bonds is 7. The largest absolute Gasteiger partial charge is 0.342 e. The van der Waals surface area contributed by atoms with E-state index in [2.05, 4.69) is 11.8 Å². The molecule has 138 valence electrons. The first-order chi connectivity index (χ1) is 12.0. The molecule has 1 aromatic rings. The van der Waals surface area contributed by atoms with Gasteiger partial charge >= 0.3 is 0 Å². The van der Waals surface area contributed by atoms with Crippen LogP contribution in [0.2, 0.25) is 0 Å². The highest BCUT2D eigenvalue weighted by molar-refractivity contribution is 5.78. The zero-order valence-electron chi connectivity index (χ0n) is 15.2. The smallest absolute Gasteiger partial charge is 0.224 e. The Morgan fingerprint density at radius 1 is 1.08 bits per heavy atom. The van der Waals surface area contributed by atoms with E-state index in [4.69, 9.17) is 0 Å². The molecule has 0 unspecified atom stereocenters. The van der Waals surface area contributed by atoms with Crippen LogP contribution >= 0.6 is 0 Å². The highest BCUT2D eigenvalue weighted by atomic mass is 19.1. The molecule has 0 atom stereocenters. The quantitative estimate of drug-likeness (QED) is 0.754. The molecule has 6 heteroatoms. The van der Waals surface area contributed by atoms with E-state index in [0.717, 1.165) is 38.3 Å². The van der Waals surface area contributed by atoms with Crippen molar-refractivity contribution in [3.05, 3.63) is 35.6 Å². The van der Waals surface area contributed by atoms with Crippen LogP contribution in [0, 0.1) is 5.82 Å². The standard InChI is InChI=1S/C19H28FN3O2/c1-3-21-12-14-23(15-13-21)19(25)9-11-22(16(2)24)10-8-17-4-6-18(20)7-5-17/h4-7H,3,8-15H2,1-2H3. The Kier molecular flexibility index (Phi) is 7.37. The molecular formula is C19H28FN3O2. The second-order valence-electron chi connectivity index (χ2n) is 6.45. The number of benzene rings is 1. The highest BCUT2D eigenvalue weighted by Gasteiger charge is 2.21. The number of halogens is 1. The second kappa shape index (κ2) is 9.51.